The molecule has 0 unspecified atom stereocenters. The van der Waals surface area contributed by atoms with Crippen LogP contribution >= 0.6 is 0 Å². The number of hydrogen-bond donors (Lipinski definition) is 0. The van der Waals surface area contributed by atoms with E-state index in [1.54, 1.807) is 0 Å². The van der Waals surface area contributed by atoms with Gasteiger partial charge in [-0.25, -0.2) is 0 Å². The molecule has 0 radical (unpaired) electrons. The van der Waals surface area contributed by atoms with Crippen LogP contribution in [-0.2, 0) is 33.9 Å². The van der Waals surface area contributed by atoms with E-state index in [0.717, 1.165) is 57.9 Å². The first-order chi connectivity index (χ1) is 13.6. The number of fused-ring (bicyclic) bond motifs is 6. The maximum absolute atomic E-state index is 4.94. The molecule has 3 heterocycles. The molecule has 3 aliphatic heterocycles. The van der Waals surface area contributed by atoms with Crippen LogP contribution in [0.4, 0.5) is 0 Å². The normalized spacial score (nSPS) is 20.9. The van der Waals surface area contributed by atoms with Gasteiger partial charge in [0.15, 0.2) is 0 Å². The Bertz CT molecular complexity index is 1170. The molecule has 144 valence electrons. The molecule has 0 spiro atoms. The van der Waals surface area contributed by atoms with E-state index >= 15 is 0 Å². The molecule has 0 saturated carbocycles. The average molecular weight is 556 g/mol. The first-order valence-corrected chi connectivity index (χ1v) is 9.61. The van der Waals surface area contributed by atoms with Gasteiger partial charge in [0.1, 0.15) is 0 Å². The SMILES string of the molecule is CC1=C(C)/C2=C/c3[c-]c(ccc3)CC3=N/C(=C\c4[c-]c(ccc4)CC1=N2)C=C3.[Pt+2]. The Morgan fingerprint density at radius 1 is 0.759 bits per heavy atom. The van der Waals surface area contributed by atoms with Gasteiger partial charge < -0.3 is 0 Å². The van der Waals surface area contributed by atoms with Gasteiger partial charge in [-0.2, -0.15) is 0 Å². The number of allylic oxidation sites excluding steroid dienone is 4. The van der Waals surface area contributed by atoms with Crippen LogP contribution in [-0.4, -0.2) is 11.4 Å². The van der Waals surface area contributed by atoms with Gasteiger partial charge in [-0.1, -0.05) is 0 Å². The van der Waals surface area contributed by atoms with Gasteiger partial charge in [0.05, 0.1) is 0 Å². The third kappa shape index (κ3) is 4.09. The van der Waals surface area contributed by atoms with Crippen molar-refractivity contribution in [2.45, 2.75) is 26.7 Å². The van der Waals surface area contributed by atoms with Crippen LogP contribution in [0.15, 0.2) is 81.1 Å². The van der Waals surface area contributed by atoms with Crippen molar-refractivity contribution in [3.63, 3.8) is 0 Å². The van der Waals surface area contributed by atoms with E-state index in [9.17, 15) is 0 Å². The summed E-state index contributed by atoms with van der Waals surface area (Å²) in [6, 6.07) is 19.6. The van der Waals surface area contributed by atoms with Crippen LogP contribution in [0.3, 0.4) is 0 Å². The monoisotopic (exact) mass is 555 g/mol. The minimum absolute atomic E-state index is 0. The van der Waals surface area contributed by atoms with Crippen molar-refractivity contribution in [3.8, 4) is 0 Å². The molecule has 3 heteroatoms. The quantitative estimate of drug-likeness (QED) is 0.380. The Balaban J connectivity index is 0.00000205. The molecule has 29 heavy (non-hydrogen) atoms. The van der Waals surface area contributed by atoms with E-state index in [0.29, 0.717) is 0 Å². The molecule has 2 aromatic rings. The minimum atomic E-state index is 0. The number of nitrogens with zero attached hydrogens (tertiary/aromatic N) is 2. The second-order valence-corrected chi connectivity index (χ2v) is 7.46. The Morgan fingerprint density at radius 2 is 1.45 bits per heavy atom. The van der Waals surface area contributed by atoms with Crippen molar-refractivity contribution in [1.29, 1.82) is 0 Å². The van der Waals surface area contributed by atoms with Crippen molar-refractivity contribution < 1.29 is 21.1 Å². The summed E-state index contributed by atoms with van der Waals surface area (Å²) in [4.78, 5) is 9.71. The fraction of sp³-hybridized carbons (Fsp3) is 0.154. The number of hydrogen-bond acceptors (Lipinski definition) is 2. The molecule has 2 aromatic carbocycles. The molecule has 0 amide bonds. The third-order valence-corrected chi connectivity index (χ3v) is 5.44. The summed E-state index contributed by atoms with van der Waals surface area (Å²) >= 11 is 0. The molecule has 0 aliphatic carbocycles. The summed E-state index contributed by atoms with van der Waals surface area (Å²) in [5.74, 6) is 0. The average Bonchev–Trinajstić information content (AvgIpc) is 3.22. The maximum Gasteiger partial charge on any atom is 2.00 e. The second-order valence-electron chi connectivity index (χ2n) is 7.46. The molecule has 2 nitrogen and oxygen atoms in total. The van der Waals surface area contributed by atoms with Gasteiger partial charge in [0.25, 0.3) is 0 Å². The number of benzene rings is 2. The number of aliphatic imine (C=N–C) groups is 2. The molecule has 0 atom stereocenters. The van der Waals surface area contributed by atoms with Crippen molar-refractivity contribution >= 4 is 23.6 Å². The van der Waals surface area contributed by atoms with Crippen LogP contribution < -0.4 is 0 Å². The first-order valence-electron chi connectivity index (χ1n) is 9.61. The van der Waals surface area contributed by atoms with Crippen LogP contribution in [0.1, 0.15) is 36.1 Å². The van der Waals surface area contributed by atoms with E-state index in [1.807, 2.05) is 0 Å². The molecule has 3 aliphatic rings. The Hall–Kier alpha value is -2.57. The van der Waals surface area contributed by atoms with Gasteiger partial charge in [0.2, 0.25) is 0 Å². The van der Waals surface area contributed by atoms with E-state index in [-0.39, 0.29) is 21.1 Å². The van der Waals surface area contributed by atoms with Gasteiger partial charge in [-0.3, -0.25) is 9.98 Å². The fourth-order valence-corrected chi connectivity index (χ4v) is 3.77. The summed E-state index contributed by atoms with van der Waals surface area (Å²) in [6.45, 7) is 4.31. The smallest absolute Gasteiger partial charge is 0.263 e. The van der Waals surface area contributed by atoms with Gasteiger partial charge in [-0.15, -0.1) is 82.9 Å². The zero-order valence-corrected chi connectivity index (χ0v) is 18.7. The standard InChI is InChI=1S/C26H20N2.Pt/c1-17-18(2)26-16-22-8-4-6-20(12-22)14-24-10-9-23(27-24)13-19-5-3-7-21(11-19)15-25(17)28-26;/h3-10,13,16H,14-15H2,1-2H3;/q-2;+2/b23-13-,26-16-;. The van der Waals surface area contributed by atoms with E-state index in [1.165, 1.54) is 11.1 Å². The van der Waals surface area contributed by atoms with Crippen LogP contribution in [0, 0.1) is 12.1 Å². The minimum Gasteiger partial charge on any atom is -0.263 e. The molecule has 5 rings (SSSR count). The summed E-state index contributed by atoms with van der Waals surface area (Å²) in [7, 11) is 0. The van der Waals surface area contributed by atoms with Gasteiger partial charge in [0, 0.05) is 22.8 Å². The maximum atomic E-state index is 4.94. The first kappa shape index (κ1) is 19.7. The topological polar surface area (TPSA) is 24.7 Å². The summed E-state index contributed by atoms with van der Waals surface area (Å²) in [5.41, 5.74) is 11.1. The Labute approximate surface area is 186 Å². The zero-order chi connectivity index (χ0) is 19.1. The third-order valence-electron chi connectivity index (χ3n) is 5.44. The second kappa shape index (κ2) is 8.05. The van der Waals surface area contributed by atoms with Crippen molar-refractivity contribution in [1.82, 2.24) is 0 Å². The van der Waals surface area contributed by atoms with Gasteiger partial charge >= 0.3 is 21.1 Å². The molecule has 8 bridgehead atoms. The molecular formula is C26H20N2Pt. The molecule has 0 N–H and O–H groups in total. The van der Waals surface area contributed by atoms with Crippen LogP contribution in [0.25, 0.3) is 12.2 Å². The van der Waals surface area contributed by atoms with Crippen LogP contribution in [0.5, 0.6) is 0 Å². The molecular weight excluding hydrogens is 535 g/mol. The van der Waals surface area contributed by atoms with Crippen molar-refractivity contribution in [2.24, 2.45) is 9.98 Å². The van der Waals surface area contributed by atoms with Gasteiger partial charge in [-0.05, 0) is 50.0 Å². The fourth-order valence-electron chi connectivity index (χ4n) is 3.77. The van der Waals surface area contributed by atoms with E-state index < -0.39 is 0 Å². The summed E-state index contributed by atoms with van der Waals surface area (Å²) in [6.07, 6.45) is 9.95. The van der Waals surface area contributed by atoms with E-state index in [4.69, 9.17) is 9.98 Å². The predicted octanol–water partition coefficient (Wildman–Crippen LogP) is 5.57. The number of rotatable bonds is 0. The summed E-state index contributed by atoms with van der Waals surface area (Å²) in [5, 5.41) is 0. The van der Waals surface area contributed by atoms with Crippen LogP contribution in [0.2, 0.25) is 0 Å². The Morgan fingerprint density at radius 3 is 2.21 bits per heavy atom. The molecule has 0 aromatic heterocycles. The predicted molar refractivity (Wildman–Crippen MR) is 116 cm³/mol. The largest absolute Gasteiger partial charge is 2.00 e. The Kier molecular flexibility index (Phi) is 5.47. The van der Waals surface area contributed by atoms with Crippen molar-refractivity contribution in [3.05, 3.63) is 105 Å². The molecule has 0 fully saturated rings. The molecule has 0 saturated heterocycles. The zero-order valence-electron chi connectivity index (χ0n) is 16.4. The summed E-state index contributed by atoms with van der Waals surface area (Å²) < 4.78 is 0. The van der Waals surface area contributed by atoms with Crippen molar-refractivity contribution in [2.75, 3.05) is 0 Å². The van der Waals surface area contributed by atoms with E-state index in [2.05, 4.69) is 86.7 Å².